The van der Waals surface area contributed by atoms with E-state index in [9.17, 15) is 14.4 Å². The Balaban J connectivity index is 2.96. The number of aryl methyl sites for hydroxylation is 1. The summed E-state index contributed by atoms with van der Waals surface area (Å²) in [4.78, 5) is 37.6. The number of aromatic nitrogens is 1. The van der Waals surface area contributed by atoms with Crippen molar-refractivity contribution in [3.63, 3.8) is 0 Å². The van der Waals surface area contributed by atoms with Crippen LogP contribution in [0.5, 0.6) is 0 Å². The van der Waals surface area contributed by atoms with Gasteiger partial charge in [0.1, 0.15) is 11.7 Å². The molecule has 116 valence electrons. The van der Waals surface area contributed by atoms with E-state index in [2.05, 4.69) is 10.3 Å². The first kappa shape index (κ1) is 16.9. The number of carbonyl (C=O) groups is 3. The molecule has 1 rings (SSSR count). The van der Waals surface area contributed by atoms with E-state index in [4.69, 9.17) is 9.84 Å². The van der Waals surface area contributed by atoms with Crippen LogP contribution in [0.15, 0.2) is 0 Å². The molecule has 7 nitrogen and oxygen atoms in total. The third-order valence-corrected chi connectivity index (χ3v) is 3.23. The van der Waals surface area contributed by atoms with Crippen molar-refractivity contribution in [3.05, 3.63) is 22.5 Å². The number of methoxy groups -OCH3 is 1. The number of ether oxygens (including phenoxy) is 1. The molecule has 0 aliphatic heterocycles. The van der Waals surface area contributed by atoms with Gasteiger partial charge in [0.15, 0.2) is 5.78 Å². The Hall–Kier alpha value is -2.15. The van der Waals surface area contributed by atoms with Crippen molar-refractivity contribution in [1.29, 1.82) is 0 Å². The van der Waals surface area contributed by atoms with Crippen LogP contribution in [0.2, 0.25) is 0 Å². The van der Waals surface area contributed by atoms with Crippen LogP contribution in [0.4, 0.5) is 0 Å². The van der Waals surface area contributed by atoms with Gasteiger partial charge in [-0.3, -0.25) is 9.59 Å². The van der Waals surface area contributed by atoms with Crippen molar-refractivity contribution in [3.8, 4) is 0 Å². The summed E-state index contributed by atoms with van der Waals surface area (Å²) in [5, 5.41) is 11.5. The molecule has 1 aromatic rings. The number of carboxylic acid groups (broad SMARTS) is 1. The molecule has 1 unspecified atom stereocenters. The van der Waals surface area contributed by atoms with Crippen molar-refractivity contribution < 1.29 is 24.2 Å². The molecule has 3 N–H and O–H groups in total. The van der Waals surface area contributed by atoms with Crippen LogP contribution < -0.4 is 5.32 Å². The van der Waals surface area contributed by atoms with Crippen molar-refractivity contribution >= 4 is 17.7 Å². The van der Waals surface area contributed by atoms with E-state index in [-0.39, 0.29) is 24.5 Å². The average Bonchev–Trinajstić information content (AvgIpc) is 2.69. The molecule has 0 saturated heterocycles. The number of carbonyl (C=O) groups excluding carboxylic acids is 2. The zero-order chi connectivity index (χ0) is 16.2. The second-order valence-corrected chi connectivity index (χ2v) is 4.83. The number of rotatable bonds is 7. The molecule has 0 fully saturated rings. The SMILES string of the molecule is COCCC(NC(=O)c1[nH]c(C)c(C(C)=O)c1C)C(=O)O. The number of hydrogen-bond acceptors (Lipinski definition) is 4. The minimum absolute atomic E-state index is 0.144. The monoisotopic (exact) mass is 296 g/mol. The van der Waals surface area contributed by atoms with Gasteiger partial charge in [-0.1, -0.05) is 0 Å². The topological polar surface area (TPSA) is 108 Å². The summed E-state index contributed by atoms with van der Waals surface area (Å²) >= 11 is 0. The number of nitrogens with one attached hydrogen (secondary N) is 2. The van der Waals surface area contributed by atoms with Gasteiger partial charge in [-0.05, 0) is 26.3 Å². The van der Waals surface area contributed by atoms with Crippen LogP contribution in [0.1, 0.15) is 45.4 Å². The Morgan fingerprint density at radius 1 is 1.33 bits per heavy atom. The number of aromatic amines is 1. The van der Waals surface area contributed by atoms with Gasteiger partial charge < -0.3 is 20.1 Å². The summed E-state index contributed by atoms with van der Waals surface area (Å²) in [7, 11) is 1.46. The number of Topliss-reactive ketones (excluding diaryl/α,β-unsaturated/α-hetero) is 1. The summed E-state index contributed by atoms with van der Waals surface area (Å²) in [6, 6.07) is -1.04. The third kappa shape index (κ3) is 3.91. The van der Waals surface area contributed by atoms with E-state index in [1.54, 1.807) is 13.8 Å². The molecule has 21 heavy (non-hydrogen) atoms. The van der Waals surface area contributed by atoms with Crippen LogP contribution in [0, 0.1) is 13.8 Å². The predicted octanol–water partition coefficient (Wildman–Crippen LogP) is 1.05. The number of hydrogen-bond donors (Lipinski definition) is 3. The summed E-state index contributed by atoms with van der Waals surface area (Å²) in [6.45, 7) is 4.99. The first-order chi connectivity index (χ1) is 9.79. The van der Waals surface area contributed by atoms with Crippen LogP contribution in [-0.4, -0.2) is 47.5 Å². The molecule has 0 bridgehead atoms. The van der Waals surface area contributed by atoms with Gasteiger partial charge in [0, 0.05) is 31.4 Å². The van der Waals surface area contributed by atoms with Crippen LogP contribution >= 0.6 is 0 Å². The Morgan fingerprint density at radius 3 is 2.38 bits per heavy atom. The lowest BCUT2D eigenvalue weighted by Gasteiger charge is -2.13. The molecule has 1 atom stereocenters. The van der Waals surface area contributed by atoms with Crippen molar-refractivity contribution in [2.45, 2.75) is 33.2 Å². The molecule has 0 radical (unpaired) electrons. The molecule has 1 aromatic heterocycles. The molecule has 0 spiro atoms. The van der Waals surface area contributed by atoms with E-state index in [0.717, 1.165) is 0 Å². The Morgan fingerprint density at radius 2 is 1.95 bits per heavy atom. The lowest BCUT2D eigenvalue weighted by atomic mass is 10.1. The maximum atomic E-state index is 12.2. The normalized spacial score (nSPS) is 12.0. The fourth-order valence-corrected chi connectivity index (χ4v) is 2.23. The molecule has 1 heterocycles. The number of aliphatic carboxylic acids is 1. The average molecular weight is 296 g/mol. The summed E-state index contributed by atoms with van der Waals surface area (Å²) in [5.41, 5.74) is 1.78. The van der Waals surface area contributed by atoms with Gasteiger partial charge in [-0.2, -0.15) is 0 Å². The van der Waals surface area contributed by atoms with Crippen molar-refractivity contribution in [2.75, 3.05) is 13.7 Å². The van der Waals surface area contributed by atoms with E-state index in [1.807, 2.05) is 0 Å². The maximum Gasteiger partial charge on any atom is 0.326 e. The lowest BCUT2D eigenvalue weighted by Crippen LogP contribution is -2.41. The fraction of sp³-hybridized carbons (Fsp3) is 0.500. The molecule has 0 aliphatic carbocycles. The Bertz CT molecular complexity index is 562. The van der Waals surface area contributed by atoms with Crippen LogP contribution in [0.3, 0.4) is 0 Å². The second kappa shape index (κ2) is 7.03. The molecule has 0 aromatic carbocycles. The summed E-state index contributed by atoms with van der Waals surface area (Å²) in [6.07, 6.45) is 0.163. The highest BCUT2D eigenvalue weighted by Gasteiger charge is 2.24. The quantitative estimate of drug-likeness (QED) is 0.652. The Labute approximate surface area is 122 Å². The molecule has 7 heteroatoms. The minimum Gasteiger partial charge on any atom is -0.480 e. The van der Waals surface area contributed by atoms with Gasteiger partial charge in [-0.15, -0.1) is 0 Å². The van der Waals surface area contributed by atoms with Gasteiger partial charge in [0.2, 0.25) is 0 Å². The van der Waals surface area contributed by atoms with E-state index < -0.39 is 17.9 Å². The van der Waals surface area contributed by atoms with Crippen LogP contribution in [0.25, 0.3) is 0 Å². The summed E-state index contributed by atoms with van der Waals surface area (Å²) < 4.78 is 4.82. The van der Waals surface area contributed by atoms with Gasteiger partial charge >= 0.3 is 5.97 Å². The molecule has 0 aliphatic rings. The molecular weight excluding hydrogens is 276 g/mol. The number of carboxylic acids is 1. The highest BCUT2D eigenvalue weighted by molar-refractivity contribution is 6.03. The first-order valence-corrected chi connectivity index (χ1v) is 6.52. The molecule has 0 saturated carbocycles. The van der Waals surface area contributed by atoms with Crippen molar-refractivity contribution in [2.24, 2.45) is 0 Å². The minimum atomic E-state index is -1.13. The second-order valence-electron chi connectivity index (χ2n) is 4.83. The smallest absolute Gasteiger partial charge is 0.326 e. The highest BCUT2D eigenvalue weighted by Crippen LogP contribution is 2.18. The fourth-order valence-electron chi connectivity index (χ4n) is 2.23. The zero-order valence-electron chi connectivity index (χ0n) is 12.6. The maximum absolute atomic E-state index is 12.2. The van der Waals surface area contributed by atoms with Gasteiger partial charge in [0.25, 0.3) is 5.91 Å². The molecular formula is C14H20N2O5. The zero-order valence-corrected chi connectivity index (χ0v) is 12.6. The Kier molecular flexibility index (Phi) is 5.66. The first-order valence-electron chi connectivity index (χ1n) is 6.52. The number of H-pyrrole nitrogens is 1. The van der Waals surface area contributed by atoms with Crippen LogP contribution in [-0.2, 0) is 9.53 Å². The number of amides is 1. The standard InChI is InChI=1S/C14H20N2O5/c1-7-11(9(3)17)8(2)15-12(7)13(18)16-10(14(19)20)5-6-21-4/h10,15H,5-6H2,1-4H3,(H,16,18)(H,19,20). The predicted molar refractivity (Wildman–Crippen MR) is 75.7 cm³/mol. The number of ketones is 1. The third-order valence-electron chi connectivity index (χ3n) is 3.23. The van der Waals surface area contributed by atoms with Crippen molar-refractivity contribution in [1.82, 2.24) is 10.3 Å². The lowest BCUT2D eigenvalue weighted by molar-refractivity contribution is -0.139. The largest absolute Gasteiger partial charge is 0.480 e. The van der Waals surface area contributed by atoms with Gasteiger partial charge in [-0.25, -0.2) is 4.79 Å². The van der Waals surface area contributed by atoms with E-state index in [0.29, 0.717) is 16.8 Å². The highest BCUT2D eigenvalue weighted by atomic mass is 16.5. The van der Waals surface area contributed by atoms with E-state index in [1.165, 1.54) is 14.0 Å². The molecule has 1 amide bonds. The summed E-state index contributed by atoms with van der Waals surface area (Å²) in [5.74, 6) is -1.82. The van der Waals surface area contributed by atoms with E-state index >= 15 is 0 Å². The van der Waals surface area contributed by atoms with Gasteiger partial charge in [0.05, 0.1) is 0 Å².